The molecule has 2 aromatic carbocycles. The quantitative estimate of drug-likeness (QED) is 0.383. The molecule has 0 aromatic heterocycles. The van der Waals surface area contributed by atoms with E-state index in [9.17, 15) is 0 Å². The van der Waals surface area contributed by atoms with E-state index in [0.717, 1.165) is 35.2 Å². The number of hydrogen-bond acceptors (Lipinski definition) is 2. The minimum atomic E-state index is 0.664. The van der Waals surface area contributed by atoms with Gasteiger partial charge in [-0.15, -0.1) is 0 Å². The number of allylic oxidation sites excluding steroid dienone is 2. The molecule has 0 aliphatic rings. The Labute approximate surface area is 172 Å². The van der Waals surface area contributed by atoms with Crippen LogP contribution in [0.25, 0.3) is 0 Å². The number of methoxy groups -OCH3 is 2. The van der Waals surface area contributed by atoms with E-state index in [0.29, 0.717) is 5.33 Å². The highest BCUT2D eigenvalue weighted by Crippen LogP contribution is 2.21. The fourth-order valence-corrected chi connectivity index (χ4v) is 3.25. The summed E-state index contributed by atoms with van der Waals surface area (Å²) in [5, 5.41) is 1.46. The Morgan fingerprint density at radius 1 is 0.808 bits per heavy atom. The lowest BCUT2D eigenvalue weighted by Crippen LogP contribution is -2.01. The largest absolute Gasteiger partial charge is 0.497 e. The van der Waals surface area contributed by atoms with E-state index in [1.165, 1.54) is 16.7 Å². The SMILES string of the molecule is COc1ccc(C/C(C#CCBr)=C(\CBr)Cc2ccc(OC)cc2)cc1. The molecule has 136 valence electrons. The standard InChI is InChI=1S/C22H22Br2O2/c1-25-21-9-5-17(6-10-21)14-19(4-3-13-23)20(16-24)15-18-7-11-22(26-2)12-8-18/h5-12H,13-16H2,1-2H3/b20-19-. The van der Waals surface area contributed by atoms with Crippen LogP contribution in [0.2, 0.25) is 0 Å². The number of hydrogen-bond donors (Lipinski definition) is 0. The number of benzene rings is 2. The summed E-state index contributed by atoms with van der Waals surface area (Å²) in [5.41, 5.74) is 4.91. The lowest BCUT2D eigenvalue weighted by Gasteiger charge is -2.11. The number of halogens is 2. The van der Waals surface area contributed by atoms with E-state index in [-0.39, 0.29) is 0 Å². The molecule has 2 nitrogen and oxygen atoms in total. The van der Waals surface area contributed by atoms with Crippen LogP contribution in [0.3, 0.4) is 0 Å². The summed E-state index contributed by atoms with van der Waals surface area (Å²) in [4.78, 5) is 0. The van der Waals surface area contributed by atoms with Crippen LogP contribution in [0.1, 0.15) is 11.1 Å². The first-order valence-electron chi connectivity index (χ1n) is 8.27. The normalized spacial score (nSPS) is 11.2. The van der Waals surface area contributed by atoms with Gasteiger partial charge in [-0.25, -0.2) is 0 Å². The van der Waals surface area contributed by atoms with Crippen molar-refractivity contribution in [3.63, 3.8) is 0 Å². The molecule has 0 amide bonds. The molecule has 0 fully saturated rings. The first-order valence-corrected chi connectivity index (χ1v) is 10.5. The fraction of sp³-hybridized carbons (Fsp3) is 0.273. The minimum Gasteiger partial charge on any atom is -0.497 e. The summed E-state index contributed by atoms with van der Waals surface area (Å²) in [6.07, 6.45) is 1.67. The zero-order valence-electron chi connectivity index (χ0n) is 15.0. The minimum absolute atomic E-state index is 0.664. The Kier molecular flexibility index (Phi) is 8.80. The molecular weight excluding hydrogens is 456 g/mol. The molecule has 0 unspecified atom stereocenters. The first kappa shape index (κ1) is 20.6. The van der Waals surface area contributed by atoms with Gasteiger partial charge in [-0.1, -0.05) is 68.0 Å². The van der Waals surface area contributed by atoms with Crippen LogP contribution in [0.4, 0.5) is 0 Å². The molecule has 4 heteroatoms. The van der Waals surface area contributed by atoms with Crippen molar-refractivity contribution in [3.8, 4) is 23.3 Å². The highest BCUT2D eigenvalue weighted by atomic mass is 79.9. The van der Waals surface area contributed by atoms with E-state index in [2.05, 4.69) is 68.0 Å². The van der Waals surface area contributed by atoms with Gasteiger partial charge in [0.2, 0.25) is 0 Å². The third-order valence-electron chi connectivity index (χ3n) is 4.01. The maximum atomic E-state index is 5.24. The van der Waals surface area contributed by atoms with Crippen LogP contribution in [0.15, 0.2) is 59.7 Å². The third-order valence-corrected chi connectivity index (χ3v) is 4.97. The molecule has 2 aromatic rings. The monoisotopic (exact) mass is 476 g/mol. The zero-order chi connectivity index (χ0) is 18.8. The average molecular weight is 478 g/mol. The summed E-state index contributed by atoms with van der Waals surface area (Å²) in [5.74, 6) is 8.23. The molecule has 0 saturated carbocycles. The number of ether oxygens (including phenoxy) is 2. The summed E-state index contributed by atoms with van der Waals surface area (Å²) in [6.45, 7) is 0. The van der Waals surface area contributed by atoms with Crippen LogP contribution >= 0.6 is 31.9 Å². The fourth-order valence-electron chi connectivity index (χ4n) is 2.57. The van der Waals surface area contributed by atoms with Gasteiger partial charge in [-0.3, -0.25) is 0 Å². The lowest BCUT2D eigenvalue weighted by molar-refractivity contribution is 0.414. The molecule has 0 atom stereocenters. The molecule has 0 saturated heterocycles. The molecule has 26 heavy (non-hydrogen) atoms. The summed E-state index contributed by atoms with van der Waals surface area (Å²) in [6, 6.07) is 16.4. The van der Waals surface area contributed by atoms with Crippen molar-refractivity contribution < 1.29 is 9.47 Å². The molecule has 0 heterocycles. The summed E-state index contributed by atoms with van der Waals surface area (Å²) >= 11 is 7.05. The van der Waals surface area contributed by atoms with Crippen molar-refractivity contribution in [2.24, 2.45) is 0 Å². The van der Waals surface area contributed by atoms with Crippen LogP contribution in [-0.2, 0) is 12.8 Å². The van der Waals surface area contributed by atoms with E-state index in [1.807, 2.05) is 24.3 Å². The van der Waals surface area contributed by atoms with Gasteiger partial charge in [0.15, 0.2) is 0 Å². The predicted molar refractivity (Wildman–Crippen MR) is 116 cm³/mol. The van der Waals surface area contributed by atoms with Crippen molar-refractivity contribution in [2.75, 3.05) is 24.9 Å². The molecule has 2 rings (SSSR count). The second-order valence-electron chi connectivity index (χ2n) is 5.70. The van der Waals surface area contributed by atoms with Crippen molar-refractivity contribution in [1.82, 2.24) is 0 Å². The van der Waals surface area contributed by atoms with E-state index in [4.69, 9.17) is 9.47 Å². The van der Waals surface area contributed by atoms with Gasteiger partial charge in [0, 0.05) is 17.3 Å². The smallest absolute Gasteiger partial charge is 0.118 e. The van der Waals surface area contributed by atoms with Gasteiger partial charge >= 0.3 is 0 Å². The Morgan fingerprint density at radius 3 is 1.73 bits per heavy atom. The van der Waals surface area contributed by atoms with Crippen molar-refractivity contribution in [1.29, 1.82) is 0 Å². The molecule has 0 spiro atoms. The topological polar surface area (TPSA) is 18.5 Å². The van der Waals surface area contributed by atoms with Crippen LogP contribution < -0.4 is 9.47 Å². The van der Waals surface area contributed by atoms with Crippen molar-refractivity contribution in [3.05, 3.63) is 70.8 Å². The first-order chi connectivity index (χ1) is 12.7. The number of rotatable bonds is 7. The zero-order valence-corrected chi connectivity index (χ0v) is 18.2. The molecule has 0 aliphatic heterocycles. The molecule has 0 N–H and O–H groups in total. The van der Waals surface area contributed by atoms with Gasteiger partial charge in [0.05, 0.1) is 19.5 Å². The van der Waals surface area contributed by atoms with Crippen molar-refractivity contribution in [2.45, 2.75) is 12.8 Å². The van der Waals surface area contributed by atoms with Gasteiger partial charge < -0.3 is 9.47 Å². The lowest BCUT2D eigenvalue weighted by atomic mass is 9.96. The molecular formula is C22H22Br2O2. The van der Waals surface area contributed by atoms with Crippen LogP contribution in [-0.4, -0.2) is 24.9 Å². The average Bonchev–Trinajstić information content (AvgIpc) is 2.70. The highest BCUT2D eigenvalue weighted by Gasteiger charge is 2.08. The molecule has 0 radical (unpaired) electrons. The van der Waals surface area contributed by atoms with E-state index in [1.54, 1.807) is 14.2 Å². The van der Waals surface area contributed by atoms with Gasteiger partial charge in [-0.2, -0.15) is 0 Å². The van der Waals surface area contributed by atoms with E-state index >= 15 is 0 Å². The van der Waals surface area contributed by atoms with E-state index < -0.39 is 0 Å². The maximum absolute atomic E-state index is 5.24. The second kappa shape index (κ2) is 11.1. The number of alkyl halides is 2. The molecule has 0 aliphatic carbocycles. The Morgan fingerprint density at radius 2 is 1.31 bits per heavy atom. The third kappa shape index (κ3) is 6.23. The second-order valence-corrected chi connectivity index (χ2v) is 6.82. The van der Waals surface area contributed by atoms with Crippen LogP contribution in [0, 0.1) is 11.8 Å². The summed E-state index contributed by atoms with van der Waals surface area (Å²) in [7, 11) is 3.36. The van der Waals surface area contributed by atoms with Gasteiger partial charge in [-0.05, 0) is 47.4 Å². The molecule has 0 bridgehead atoms. The summed E-state index contributed by atoms with van der Waals surface area (Å²) < 4.78 is 10.5. The van der Waals surface area contributed by atoms with Gasteiger partial charge in [0.1, 0.15) is 11.5 Å². The Hall–Kier alpha value is -1.70. The Balaban J connectivity index is 2.28. The van der Waals surface area contributed by atoms with Gasteiger partial charge in [0.25, 0.3) is 0 Å². The highest BCUT2D eigenvalue weighted by molar-refractivity contribution is 9.09. The predicted octanol–water partition coefficient (Wildman–Crippen LogP) is 5.58. The van der Waals surface area contributed by atoms with Crippen molar-refractivity contribution >= 4 is 31.9 Å². The Bertz CT molecular complexity index is 782. The maximum Gasteiger partial charge on any atom is 0.118 e. The van der Waals surface area contributed by atoms with Crippen LogP contribution in [0.5, 0.6) is 11.5 Å².